The number of rotatable bonds is 18. The largest absolute Gasteiger partial charge is 0.489 e. The topological polar surface area (TPSA) is 180 Å². The zero-order valence-corrected chi connectivity index (χ0v) is 40.8. The van der Waals surface area contributed by atoms with Gasteiger partial charge in [-0.2, -0.15) is 0 Å². The molecule has 1 aliphatic heterocycles. The van der Waals surface area contributed by atoms with E-state index in [4.69, 9.17) is 23.7 Å². The Morgan fingerprint density at radius 3 is 1.39 bits per heavy atom. The van der Waals surface area contributed by atoms with Crippen LogP contribution < -0.4 is 30.7 Å². The monoisotopic (exact) mass is 994 g/mol. The predicted molar refractivity (Wildman–Crippen MR) is 278 cm³/mol. The molecule has 0 aromatic heterocycles. The molecular formula is C60H58N4O10. The second kappa shape index (κ2) is 26.5. The van der Waals surface area contributed by atoms with E-state index in [0.29, 0.717) is 22.6 Å². The maximum absolute atomic E-state index is 14.8. The Hall–Kier alpha value is -8.91. The summed E-state index contributed by atoms with van der Waals surface area (Å²) in [6.07, 6.45) is -1.49. The molecule has 0 aliphatic carbocycles. The fourth-order valence-corrected chi connectivity index (χ4v) is 8.25. The Labute approximate surface area is 430 Å². The van der Waals surface area contributed by atoms with Crippen LogP contribution >= 0.6 is 0 Å². The predicted octanol–water partition coefficient (Wildman–Crippen LogP) is 9.32. The van der Waals surface area contributed by atoms with Gasteiger partial charge in [-0.1, -0.05) is 164 Å². The third kappa shape index (κ3) is 15.5. The lowest BCUT2D eigenvalue weighted by Gasteiger charge is -2.26. The lowest BCUT2D eigenvalue weighted by molar-refractivity contribution is -0.149. The Morgan fingerprint density at radius 1 is 0.473 bits per heavy atom. The molecule has 378 valence electrons. The second-order valence-corrected chi connectivity index (χ2v) is 17.7. The zero-order valence-electron chi connectivity index (χ0n) is 40.8. The molecule has 14 heteroatoms. The van der Waals surface area contributed by atoms with E-state index in [1.165, 1.54) is 0 Å². The third-order valence-corrected chi connectivity index (χ3v) is 12.2. The van der Waals surface area contributed by atoms with Crippen LogP contribution in [0.2, 0.25) is 0 Å². The van der Waals surface area contributed by atoms with Crippen LogP contribution in [0.4, 0.5) is 9.59 Å². The summed E-state index contributed by atoms with van der Waals surface area (Å²) in [4.78, 5) is 70.4. The molecule has 0 fully saturated rings. The smallest absolute Gasteiger partial charge is 0.408 e. The minimum atomic E-state index is -1.31. The lowest BCUT2D eigenvalue weighted by atomic mass is 9.95. The highest BCUT2D eigenvalue weighted by atomic mass is 16.6. The van der Waals surface area contributed by atoms with Crippen molar-refractivity contribution in [1.82, 2.24) is 21.3 Å². The number of amides is 4. The first-order valence-electron chi connectivity index (χ1n) is 24.5. The van der Waals surface area contributed by atoms with Gasteiger partial charge in [-0.15, -0.1) is 0 Å². The summed E-state index contributed by atoms with van der Waals surface area (Å²) < 4.78 is 29.8. The van der Waals surface area contributed by atoms with Gasteiger partial charge in [0.15, 0.2) is 0 Å². The Bertz CT molecular complexity index is 2950. The highest BCUT2D eigenvalue weighted by molar-refractivity contribution is 5.93. The van der Waals surface area contributed by atoms with Crippen molar-refractivity contribution >= 4 is 30.0 Å². The van der Waals surface area contributed by atoms with Crippen LogP contribution in [-0.4, -0.2) is 54.6 Å². The van der Waals surface area contributed by atoms with Crippen molar-refractivity contribution in [2.24, 2.45) is 0 Å². The number of nitrogens with one attached hydrogen (secondary N) is 4. The van der Waals surface area contributed by atoms with E-state index in [2.05, 4.69) is 21.3 Å². The summed E-state index contributed by atoms with van der Waals surface area (Å²) in [6.45, 7) is 0.443. The molecule has 74 heavy (non-hydrogen) atoms. The molecule has 8 rings (SSSR count). The van der Waals surface area contributed by atoms with E-state index < -0.39 is 48.1 Å². The van der Waals surface area contributed by atoms with E-state index in [1.54, 1.807) is 0 Å². The standard InChI is InChI=1S/C60H58N4O10/c65-56-51(27-16-32-61-59(68)73-40-45-23-12-4-13-24-45)62-57(66)52(64-60(69)74-41-46-25-14-5-15-26-46)35-49-33-47(28-30-54(49)70-37-42-17-6-1-7-18-42)48-29-31-55(71-38-43-19-8-2-9-20-43)50(34-48)36-53(63-56)58(67)72-39-44-21-10-3-11-22-44/h1-15,17-26,28-31,33-34,51-53H,16,27,32,35-41H2,(H,61,68)(H,62,66)(H,63,65)(H,64,69)/t51-,52-,53-/m0/s1. The van der Waals surface area contributed by atoms with Gasteiger partial charge >= 0.3 is 18.2 Å². The van der Waals surface area contributed by atoms with E-state index in [9.17, 15) is 24.0 Å². The summed E-state index contributed by atoms with van der Waals surface area (Å²) in [5, 5.41) is 11.3. The number of hydrogen-bond donors (Lipinski definition) is 4. The first-order chi connectivity index (χ1) is 36.2. The number of benzene rings is 7. The van der Waals surface area contributed by atoms with Gasteiger partial charge in [-0.25, -0.2) is 14.4 Å². The molecule has 0 radical (unpaired) electrons. The quantitative estimate of drug-likeness (QED) is 0.0368. The molecule has 0 saturated carbocycles. The summed E-state index contributed by atoms with van der Waals surface area (Å²) in [5.74, 6) is -1.20. The lowest BCUT2D eigenvalue weighted by Crippen LogP contribution is -2.56. The van der Waals surface area contributed by atoms with Gasteiger partial charge in [0.25, 0.3) is 0 Å². The number of hydrogen-bond acceptors (Lipinski definition) is 10. The number of fused-ring (bicyclic) bond motifs is 5. The average Bonchev–Trinajstić information content (AvgIpc) is 3.44. The fraction of sp³-hybridized carbons (Fsp3) is 0.217. The molecule has 4 bridgehead atoms. The third-order valence-electron chi connectivity index (χ3n) is 12.2. The van der Waals surface area contributed by atoms with Crippen LogP contribution in [0.3, 0.4) is 0 Å². The SMILES string of the molecule is O=C(NCCC[C@@H]1NC(=O)[C@@H](NC(=O)OCc2ccccc2)Cc2cc(ccc2OCc2ccccc2)-c2ccc(OCc3ccccc3)c(c2)C[C@@H](C(=O)OCc2ccccc2)NC1=O)OCc1ccccc1. The van der Waals surface area contributed by atoms with Crippen LogP contribution in [0.25, 0.3) is 11.1 Å². The van der Waals surface area contributed by atoms with Gasteiger partial charge < -0.3 is 45.0 Å². The minimum absolute atomic E-state index is 0.00462. The summed E-state index contributed by atoms with van der Waals surface area (Å²) in [5.41, 5.74) is 6.78. The number of alkyl carbamates (subject to hydrolysis) is 2. The van der Waals surface area contributed by atoms with Crippen molar-refractivity contribution in [1.29, 1.82) is 0 Å². The van der Waals surface area contributed by atoms with Gasteiger partial charge in [-0.3, -0.25) is 9.59 Å². The number of carbonyl (C=O) groups is 5. The van der Waals surface area contributed by atoms with Crippen LogP contribution in [-0.2, 0) is 74.5 Å². The Balaban J connectivity index is 1.15. The molecule has 1 heterocycles. The molecule has 0 unspecified atom stereocenters. The van der Waals surface area contributed by atoms with Crippen LogP contribution in [0.15, 0.2) is 188 Å². The van der Waals surface area contributed by atoms with Gasteiger partial charge in [0.05, 0.1) is 0 Å². The molecule has 14 nitrogen and oxygen atoms in total. The van der Waals surface area contributed by atoms with Gasteiger partial charge in [0.1, 0.15) is 62.7 Å². The van der Waals surface area contributed by atoms with Crippen molar-refractivity contribution in [2.75, 3.05) is 6.54 Å². The molecule has 7 aromatic rings. The van der Waals surface area contributed by atoms with Crippen molar-refractivity contribution in [3.05, 3.63) is 227 Å². The molecule has 4 amide bonds. The molecule has 4 N–H and O–H groups in total. The Kier molecular flexibility index (Phi) is 18.4. The number of ether oxygens (including phenoxy) is 5. The Morgan fingerprint density at radius 2 is 0.905 bits per heavy atom. The molecule has 0 spiro atoms. The van der Waals surface area contributed by atoms with Crippen molar-refractivity contribution in [3.63, 3.8) is 0 Å². The molecule has 7 aromatic carbocycles. The number of esters is 1. The maximum Gasteiger partial charge on any atom is 0.408 e. The first kappa shape index (κ1) is 51.4. The average molecular weight is 995 g/mol. The number of carbonyl (C=O) groups excluding carboxylic acids is 5. The van der Waals surface area contributed by atoms with Gasteiger partial charge in [0, 0.05) is 19.4 Å². The zero-order chi connectivity index (χ0) is 51.3. The van der Waals surface area contributed by atoms with Crippen molar-refractivity contribution < 1.29 is 47.7 Å². The van der Waals surface area contributed by atoms with E-state index in [-0.39, 0.29) is 65.3 Å². The fourth-order valence-electron chi connectivity index (χ4n) is 8.25. The summed E-state index contributed by atoms with van der Waals surface area (Å²) in [7, 11) is 0. The van der Waals surface area contributed by atoms with Crippen molar-refractivity contribution in [3.8, 4) is 22.6 Å². The van der Waals surface area contributed by atoms with E-state index in [1.807, 2.05) is 188 Å². The van der Waals surface area contributed by atoms with Crippen LogP contribution in [0.1, 0.15) is 51.8 Å². The highest BCUT2D eigenvalue weighted by Gasteiger charge is 2.32. The molecule has 3 atom stereocenters. The highest BCUT2D eigenvalue weighted by Crippen LogP contribution is 2.33. The molecule has 1 aliphatic rings. The summed E-state index contributed by atoms with van der Waals surface area (Å²) in [6, 6.07) is 54.2. The van der Waals surface area contributed by atoms with Gasteiger partial charge in [-0.05, 0) is 87.2 Å². The van der Waals surface area contributed by atoms with Crippen LogP contribution in [0, 0.1) is 0 Å². The van der Waals surface area contributed by atoms with Crippen molar-refractivity contribution in [2.45, 2.75) is 76.8 Å². The maximum atomic E-state index is 14.8. The van der Waals surface area contributed by atoms with E-state index >= 15 is 0 Å². The first-order valence-corrected chi connectivity index (χ1v) is 24.5. The second-order valence-electron chi connectivity index (χ2n) is 17.7. The van der Waals surface area contributed by atoms with E-state index in [0.717, 1.165) is 38.9 Å². The summed E-state index contributed by atoms with van der Waals surface area (Å²) >= 11 is 0. The normalized spacial score (nSPS) is 15.4. The minimum Gasteiger partial charge on any atom is -0.489 e. The van der Waals surface area contributed by atoms with Crippen LogP contribution in [0.5, 0.6) is 11.5 Å². The molecule has 0 saturated heterocycles. The van der Waals surface area contributed by atoms with Gasteiger partial charge in [0.2, 0.25) is 11.8 Å². The molecular weight excluding hydrogens is 937 g/mol.